The SMILES string of the molecule is CC(F)c1ccc(C(O)C(=O)O)c(Cl)c1. The van der Waals surface area contributed by atoms with E-state index in [2.05, 4.69) is 0 Å². The molecule has 2 atom stereocenters. The van der Waals surface area contributed by atoms with Crippen molar-refractivity contribution in [2.75, 3.05) is 0 Å². The molecule has 2 unspecified atom stereocenters. The normalized spacial score (nSPS) is 14.7. The van der Waals surface area contributed by atoms with Gasteiger partial charge in [0.1, 0.15) is 6.17 Å². The number of carbonyl (C=O) groups is 1. The first-order valence-corrected chi connectivity index (χ1v) is 4.65. The number of alkyl halides is 1. The lowest BCUT2D eigenvalue weighted by Gasteiger charge is -2.10. The van der Waals surface area contributed by atoms with E-state index in [-0.39, 0.29) is 10.6 Å². The van der Waals surface area contributed by atoms with Crippen molar-refractivity contribution in [1.82, 2.24) is 0 Å². The molecular formula is C10H10ClFO3. The van der Waals surface area contributed by atoms with Crippen molar-refractivity contribution >= 4 is 17.6 Å². The highest BCUT2D eigenvalue weighted by Crippen LogP contribution is 2.27. The predicted octanol–water partition coefficient (Wildman–Crippen LogP) is 2.49. The van der Waals surface area contributed by atoms with Gasteiger partial charge in [-0.05, 0) is 18.6 Å². The van der Waals surface area contributed by atoms with Crippen LogP contribution in [0.3, 0.4) is 0 Å². The topological polar surface area (TPSA) is 57.5 Å². The van der Waals surface area contributed by atoms with E-state index in [4.69, 9.17) is 16.7 Å². The van der Waals surface area contributed by atoms with Gasteiger partial charge in [-0.1, -0.05) is 23.7 Å². The molecule has 0 aromatic heterocycles. The first kappa shape index (κ1) is 11.9. The van der Waals surface area contributed by atoms with Gasteiger partial charge < -0.3 is 10.2 Å². The first-order chi connectivity index (χ1) is 6.93. The number of aliphatic hydroxyl groups is 1. The Kier molecular flexibility index (Phi) is 3.66. The zero-order valence-corrected chi connectivity index (χ0v) is 8.70. The molecule has 0 bridgehead atoms. The summed E-state index contributed by atoms with van der Waals surface area (Å²) < 4.78 is 12.9. The summed E-state index contributed by atoms with van der Waals surface area (Å²) in [7, 11) is 0. The van der Waals surface area contributed by atoms with Crippen LogP contribution in [0.15, 0.2) is 18.2 Å². The fourth-order valence-electron chi connectivity index (χ4n) is 1.15. The van der Waals surface area contributed by atoms with Gasteiger partial charge in [0.15, 0.2) is 6.10 Å². The second-order valence-corrected chi connectivity index (χ2v) is 3.54. The van der Waals surface area contributed by atoms with Crippen molar-refractivity contribution in [1.29, 1.82) is 0 Å². The molecule has 0 saturated carbocycles. The Morgan fingerprint density at radius 1 is 1.53 bits per heavy atom. The lowest BCUT2D eigenvalue weighted by molar-refractivity contribution is -0.146. The highest BCUT2D eigenvalue weighted by atomic mass is 35.5. The van der Waals surface area contributed by atoms with E-state index in [1.165, 1.54) is 25.1 Å². The number of aliphatic hydroxyl groups excluding tert-OH is 1. The molecule has 5 heteroatoms. The van der Waals surface area contributed by atoms with Crippen LogP contribution in [-0.4, -0.2) is 16.2 Å². The standard InChI is InChI=1S/C10H10ClFO3/c1-5(12)6-2-3-7(8(11)4-6)9(13)10(14)15/h2-5,9,13H,1H3,(H,14,15). The van der Waals surface area contributed by atoms with Gasteiger partial charge in [0.2, 0.25) is 0 Å². The molecule has 0 spiro atoms. The number of carboxylic acids is 1. The monoisotopic (exact) mass is 232 g/mol. The van der Waals surface area contributed by atoms with Gasteiger partial charge in [-0.15, -0.1) is 0 Å². The average molecular weight is 233 g/mol. The molecule has 3 nitrogen and oxygen atoms in total. The van der Waals surface area contributed by atoms with Crippen LogP contribution in [0.4, 0.5) is 4.39 Å². The molecular weight excluding hydrogens is 223 g/mol. The molecule has 0 heterocycles. The third kappa shape index (κ3) is 2.67. The summed E-state index contributed by atoms with van der Waals surface area (Å²) in [5.74, 6) is -1.39. The van der Waals surface area contributed by atoms with Gasteiger partial charge in [-0.25, -0.2) is 9.18 Å². The number of hydrogen-bond donors (Lipinski definition) is 2. The zero-order chi connectivity index (χ0) is 11.6. The second kappa shape index (κ2) is 4.59. The van der Waals surface area contributed by atoms with Crippen LogP contribution >= 0.6 is 11.6 Å². The first-order valence-electron chi connectivity index (χ1n) is 4.27. The van der Waals surface area contributed by atoms with Crippen LogP contribution in [0.5, 0.6) is 0 Å². The Morgan fingerprint density at radius 3 is 2.53 bits per heavy atom. The average Bonchev–Trinajstić information content (AvgIpc) is 2.16. The van der Waals surface area contributed by atoms with Crippen molar-refractivity contribution in [2.45, 2.75) is 19.2 Å². The summed E-state index contributed by atoms with van der Waals surface area (Å²) in [6, 6.07) is 4.03. The largest absolute Gasteiger partial charge is 0.479 e. The van der Waals surface area contributed by atoms with Crippen LogP contribution in [0.2, 0.25) is 5.02 Å². The maximum absolute atomic E-state index is 12.9. The smallest absolute Gasteiger partial charge is 0.337 e. The fourth-order valence-corrected chi connectivity index (χ4v) is 1.44. The Bertz CT molecular complexity index is 379. The van der Waals surface area contributed by atoms with Gasteiger partial charge in [0.05, 0.1) is 0 Å². The zero-order valence-electron chi connectivity index (χ0n) is 7.95. The second-order valence-electron chi connectivity index (χ2n) is 3.14. The van der Waals surface area contributed by atoms with Crippen LogP contribution in [0.25, 0.3) is 0 Å². The Labute approximate surface area is 91.1 Å². The number of halogens is 2. The molecule has 0 aliphatic carbocycles. The number of carboxylic acid groups (broad SMARTS) is 1. The van der Waals surface area contributed by atoms with Crippen LogP contribution in [-0.2, 0) is 4.79 Å². The highest BCUT2D eigenvalue weighted by Gasteiger charge is 2.19. The third-order valence-electron chi connectivity index (χ3n) is 2.01. The maximum Gasteiger partial charge on any atom is 0.337 e. The Morgan fingerprint density at radius 2 is 2.13 bits per heavy atom. The molecule has 0 aliphatic rings. The van der Waals surface area contributed by atoms with E-state index >= 15 is 0 Å². The number of hydrogen-bond acceptors (Lipinski definition) is 2. The fraction of sp³-hybridized carbons (Fsp3) is 0.300. The number of rotatable bonds is 3. The number of aliphatic carboxylic acids is 1. The van der Waals surface area contributed by atoms with E-state index in [9.17, 15) is 14.3 Å². The third-order valence-corrected chi connectivity index (χ3v) is 2.34. The quantitative estimate of drug-likeness (QED) is 0.842. The predicted molar refractivity (Wildman–Crippen MR) is 53.6 cm³/mol. The van der Waals surface area contributed by atoms with Crippen LogP contribution < -0.4 is 0 Å². The molecule has 15 heavy (non-hydrogen) atoms. The maximum atomic E-state index is 12.9. The van der Waals surface area contributed by atoms with E-state index in [1.54, 1.807) is 0 Å². The molecule has 1 rings (SSSR count). The van der Waals surface area contributed by atoms with Crippen molar-refractivity contribution in [2.24, 2.45) is 0 Å². The summed E-state index contributed by atoms with van der Waals surface area (Å²) in [4.78, 5) is 10.5. The minimum Gasteiger partial charge on any atom is -0.479 e. The molecule has 0 fully saturated rings. The van der Waals surface area contributed by atoms with Gasteiger partial charge >= 0.3 is 5.97 Å². The van der Waals surface area contributed by atoms with Gasteiger partial charge in [-0.2, -0.15) is 0 Å². The molecule has 1 aromatic rings. The lowest BCUT2D eigenvalue weighted by atomic mass is 10.0. The van der Waals surface area contributed by atoms with Crippen molar-refractivity contribution in [3.8, 4) is 0 Å². The molecule has 82 valence electrons. The Hall–Kier alpha value is -1.13. The molecule has 0 amide bonds. The van der Waals surface area contributed by atoms with Crippen LogP contribution in [0.1, 0.15) is 30.3 Å². The van der Waals surface area contributed by atoms with Gasteiger partial charge in [0, 0.05) is 10.6 Å². The molecule has 0 aliphatic heterocycles. The van der Waals surface area contributed by atoms with E-state index in [1.807, 2.05) is 0 Å². The van der Waals surface area contributed by atoms with E-state index < -0.39 is 18.2 Å². The highest BCUT2D eigenvalue weighted by molar-refractivity contribution is 6.31. The summed E-state index contributed by atoms with van der Waals surface area (Å²) in [5.41, 5.74) is 0.412. The van der Waals surface area contributed by atoms with E-state index in [0.717, 1.165) is 0 Å². The summed E-state index contributed by atoms with van der Waals surface area (Å²) in [6.45, 7) is 1.35. The van der Waals surface area contributed by atoms with E-state index in [0.29, 0.717) is 5.56 Å². The lowest BCUT2D eigenvalue weighted by Crippen LogP contribution is -2.11. The van der Waals surface area contributed by atoms with Gasteiger partial charge in [0.25, 0.3) is 0 Å². The number of benzene rings is 1. The summed E-state index contributed by atoms with van der Waals surface area (Å²) >= 11 is 5.72. The molecule has 1 aromatic carbocycles. The Balaban J connectivity index is 3.08. The molecule has 0 radical (unpaired) electrons. The van der Waals surface area contributed by atoms with Crippen molar-refractivity contribution in [3.05, 3.63) is 34.3 Å². The van der Waals surface area contributed by atoms with Crippen molar-refractivity contribution in [3.63, 3.8) is 0 Å². The minimum absolute atomic E-state index is 0.0481. The molecule has 2 N–H and O–H groups in total. The summed E-state index contributed by atoms with van der Waals surface area (Å²) in [5, 5.41) is 17.8. The van der Waals surface area contributed by atoms with Gasteiger partial charge in [-0.3, -0.25) is 0 Å². The van der Waals surface area contributed by atoms with Crippen molar-refractivity contribution < 1.29 is 19.4 Å². The molecule has 0 saturated heterocycles. The van der Waals surface area contributed by atoms with Crippen LogP contribution in [0, 0.1) is 0 Å². The minimum atomic E-state index is -1.68. The summed E-state index contributed by atoms with van der Waals surface area (Å²) in [6.07, 6.45) is -2.86.